The molecule has 5 unspecified atom stereocenters. The fourth-order valence-corrected chi connectivity index (χ4v) is 3.49. The summed E-state index contributed by atoms with van der Waals surface area (Å²) in [4.78, 5) is 52.6. The molecule has 1 heterocycles. The minimum Gasteiger partial charge on any atom is -0.480 e. The number of hydrogen-bond acceptors (Lipinski definition) is 7. The summed E-state index contributed by atoms with van der Waals surface area (Å²) in [6, 6.07) is 2.20. The number of carboxylic acids is 1. The minimum absolute atomic E-state index is 0.0180. The van der Waals surface area contributed by atoms with E-state index in [9.17, 15) is 34.5 Å². The van der Waals surface area contributed by atoms with E-state index in [0.29, 0.717) is 12.0 Å². The van der Waals surface area contributed by atoms with Gasteiger partial charge in [-0.25, -0.2) is 4.79 Å². The second-order valence-corrected chi connectivity index (χ2v) is 8.37. The molecule has 0 saturated heterocycles. The Hall–Kier alpha value is -3.48. The van der Waals surface area contributed by atoms with Gasteiger partial charge in [-0.05, 0) is 17.5 Å². The SMILES string of the molecule is CCC(C)C(NC(=O)C(CO)NC(=O)C(Cc1c[nH]c2ccccc12)NC(=O)C(N)CO)C(=O)O. The number of carboxylic acid groups (broad SMARTS) is 1. The molecule has 1 aromatic carbocycles. The van der Waals surface area contributed by atoms with Gasteiger partial charge in [-0.2, -0.15) is 0 Å². The Kier molecular flexibility index (Phi) is 10.2. The van der Waals surface area contributed by atoms with Crippen LogP contribution in [0.15, 0.2) is 30.5 Å². The average molecular weight is 492 g/mol. The van der Waals surface area contributed by atoms with Gasteiger partial charge in [0.05, 0.1) is 13.2 Å². The van der Waals surface area contributed by atoms with E-state index in [0.717, 1.165) is 10.9 Å². The third-order valence-electron chi connectivity index (χ3n) is 5.86. The van der Waals surface area contributed by atoms with Crippen molar-refractivity contribution < 1.29 is 34.5 Å². The molecule has 1 aromatic heterocycles. The van der Waals surface area contributed by atoms with Gasteiger partial charge in [-0.3, -0.25) is 14.4 Å². The summed E-state index contributed by atoms with van der Waals surface area (Å²) < 4.78 is 0. The van der Waals surface area contributed by atoms with E-state index in [2.05, 4.69) is 20.9 Å². The van der Waals surface area contributed by atoms with Crippen LogP contribution in [0.3, 0.4) is 0 Å². The quantitative estimate of drug-likeness (QED) is 0.167. The first-order valence-electron chi connectivity index (χ1n) is 11.3. The van der Waals surface area contributed by atoms with Crippen LogP contribution in [0.5, 0.6) is 0 Å². The standard InChI is InChI=1S/C23H33N5O7/c1-3-12(2)19(23(34)35)28-22(33)18(11-30)27-21(32)17(26-20(31)15(24)10-29)8-13-9-25-16-7-5-4-6-14(13)16/h4-7,9,12,15,17-19,25,29-30H,3,8,10-11,24H2,1-2H3,(H,26,31)(H,27,32)(H,28,33)(H,34,35). The van der Waals surface area contributed by atoms with Crippen molar-refractivity contribution in [2.24, 2.45) is 11.7 Å². The Balaban J connectivity index is 2.22. The third kappa shape index (κ3) is 7.25. The second kappa shape index (κ2) is 12.8. The summed E-state index contributed by atoms with van der Waals surface area (Å²) in [5.74, 6) is -4.07. The van der Waals surface area contributed by atoms with Crippen LogP contribution in [-0.2, 0) is 25.6 Å². The number of aliphatic hydroxyl groups is 2. The fraction of sp³-hybridized carbons (Fsp3) is 0.478. The van der Waals surface area contributed by atoms with Gasteiger partial charge in [0, 0.05) is 23.5 Å². The van der Waals surface area contributed by atoms with Crippen molar-refractivity contribution in [2.45, 2.75) is 50.9 Å². The topological polar surface area (TPSA) is 207 Å². The number of H-pyrrole nitrogens is 1. The number of carbonyl (C=O) groups is 4. The number of aromatic nitrogens is 1. The second-order valence-electron chi connectivity index (χ2n) is 8.37. The predicted octanol–water partition coefficient (Wildman–Crippen LogP) is -1.39. The van der Waals surface area contributed by atoms with Crippen molar-refractivity contribution in [1.29, 1.82) is 0 Å². The number of hydrogen-bond donors (Lipinski definition) is 8. The lowest BCUT2D eigenvalue weighted by atomic mass is 9.99. The lowest BCUT2D eigenvalue weighted by Crippen LogP contribution is -2.59. The first-order chi connectivity index (χ1) is 16.6. The van der Waals surface area contributed by atoms with Crippen LogP contribution < -0.4 is 21.7 Å². The smallest absolute Gasteiger partial charge is 0.326 e. The third-order valence-corrected chi connectivity index (χ3v) is 5.86. The molecule has 0 aliphatic rings. The van der Waals surface area contributed by atoms with Crippen molar-refractivity contribution in [3.05, 3.63) is 36.0 Å². The number of fused-ring (bicyclic) bond motifs is 1. The number of carbonyl (C=O) groups excluding carboxylic acids is 3. The Bertz CT molecular complexity index is 1040. The summed E-state index contributed by atoms with van der Waals surface area (Å²) >= 11 is 0. The van der Waals surface area contributed by atoms with E-state index >= 15 is 0 Å². The molecule has 0 aliphatic carbocycles. The molecular weight excluding hydrogens is 458 g/mol. The highest BCUT2D eigenvalue weighted by Crippen LogP contribution is 2.19. The van der Waals surface area contributed by atoms with Gasteiger partial charge in [0.1, 0.15) is 24.2 Å². The summed E-state index contributed by atoms with van der Waals surface area (Å²) in [6.07, 6.45) is 2.18. The first-order valence-corrected chi connectivity index (χ1v) is 11.3. The Morgan fingerprint density at radius 1 is 0.971 bits per heavy atom. The van der Waals surface area contributed by atoms with Crippen molar-refractivity contribution in [2.75, 3.05) is 13.2 Å². The van der Waals surface area contributed by atoms with Crippen LogP contribution in [0.4, 0.5) is 0 Å². The molecular formula is C23H33N5O7. The average Bonchev–Trinajstić information content (AvgIpc) is 3.26. The zero-order valence-corrected chi connectivity index (χ0v) is 19.7. The monoisotopic (exact) mass is 491 g/mol. The molecule has 9 N–H and O–H groups in total. The Morgan fingerprint density at radius 2 is 1.60 bits per heavy atom. The molecule has 0 bridgehead atoms. The van der Waals surface area contributed by atoms with E-state index in [1.54, 1.807) is 20.0 Å². The molecule has 12 heteroatoms. The van der Waals surface area contributed by atoms with Crippen molar-refractivity contribution >= 4 is 34.6 Å². The maximum Gasteiger partial charge on any atom is 0.326 e. The van der Waals surface area contributed by atoms with E-state index in [1.165, 1.54) is 0 Å². The highest BCUT2D eigenvalue weighted by Gasteiger charge is 2.32. The molecule has 0 aliphatic heterocycles. The molecule has 35 heavy (non-hydrogen) atoms. The van der Waals surface area contributed by atoms with Gasteiger partial charge in [-0.15, -0.1) is 0 Å². The number of nitrogens with one attached hydrogen (secondary N) is 4. The van der Waals surface area contributed by atoms with Gasteiger partial charge >= 0.3 is 5.97 Å². The fourth-order valence-electron chi connectivity index (χ4n) is 3.49. The van der Waals surface area contributed by atoms with Gasteiger partial charge in [0.25, 0.3) is 0 Å². The number of aliphatic carboxylic acids is 1. The molecule has 0 saturated carbocycles. The lowest BCUT2D eigenvalue weighted by molar-refractivity contribution is -0.144. The van der Waals surface area contributed by atoms with Crippen LogP contribution in [0, 0.1) is 5.92 Å². The minimum atomic E-state index is -1.46. The maximum atomic E-state index is 13.1. The number of aliphatic hydroxyl groups excluding tert-OH is 2. The maximum absolute atomic E-state index is 13.1. The Morgan fingerprint density at radius 3 is 2.20 bits per heavy atom. The summed E-state index contributed by atoms with van der Waals surface area (Å²) in [5, 5.41) is 36.3. The number of nitrogens with two attached hydrogens (primary N) is 1. The van der Waals surface area contributed by atoms with Crippen LogP contribution in [0.25, 0.3) is 10.9 Å². The molecule has 0 fully saturated rings. The largest absolute Gasteiger partial charge is 0.480 e. The molecule has 12 nitrogen and oxygen atoms in total. The van der Waals surface area contributed by atoms with Crippen LogP contribution in [0.1, 0.15) is 25.8 Å². The molecule has 3 amide bonds. The van der Waals surface area contributed by atoms with E-state index in [1.807, 2.05) is 24.3 Å². The van der Waals surface area contributed by atoms with Gasteiger partial charge in [0.2, 0.25) is 17.7 Å². The zero-order valence-electron chi connectivity index (χ0n) is 19.7. The van der Waals surface area contributed by atoms with Crippen LogP contribution in [0.2, 0.25) is 0 Å². The number of rotatable bonds is 13. The van der Waals surface area contributed by atoms with Crippen LogP contribution in [-0.4, -0.2) is 81.4 Å². The first kappa shape index (κ1) is 27.8. The number of benzene rings is 1. The van der Waals surface area contributed by atoms with Gasteiger partial charge < -0.3 is 42.0 Å². The van der Waals surface area contributed by atoms with Gasteiger partial charge in [-0.1, -0.05) is 38.5 Å². The van der Waals surface area contributed by atoms with Crippen molar-refractivity contribution in [3.8, 4) is 0 Å². The van der Waals surface area contributed by atoms with Crippen molar-refractivity contribution in [1.82, 2.24) is 20.9 Å². The number of amides is 3. The molecule has 0 radical (unpaired) electrons. The van der Waals surface area contributed by atoms with Crippen LogP contribution >= 0.6 is 0 Å². The number of para-hydroxylation sites is 1. The van der Waals surface area contributed by atoms with Gasteiger partial charge in [0.15, 0.2) is 0 Å². The predicted molar refractivity (Wildman–Crippen MR) is 127 cm³/mol. The molecule has 2 rings (SSSR count). The molecule has 0 spiro atoms. The van der Waals surface area contributed by atoms with Crippen molar-refractivity contribution in [3.63, 3.8) is 0 Å². The van der Waals surface area contributed by atoms with E-state index in [-0.39, 0.29) is 12.3 Å². The normalized spacial score (nSPS) is 15.5. The molecule has 5 atom stereocenters. The zero-order chi connectivity index (χ0) is 26.1. The Labute approximate surface area is 202 Å². The highest BCUT2D eigenvalue weighted by molar-refractivity contribution is 5.95. The summed E-state index contributed by atoms with van der Waals surface area (Å²) in [6.45, 7) is 1.99. The van der Waals surface area contributed by atoms with E-state index in [4.69, 9.17) is 5.73 Å². The molecule has 192 valence electrons. The summed E-state index contributed by atoms with van der Waals surface area (Å²) in [7, 11) is 0. The highest BCUT2D eigenvalue weighted by atomic mass is 16.4. The van der Waals surface area contributed by atoms with E-state index < -0.39 is 61.1 Å². The number of aromatic amines is 1. The molecule has 2 aromatic rings. The summed E-state index contributed by atoms with van der Waals surface area (Å²) in [5.41, 5.74) is 7.09. The lowest BCUT2D eigenvalue weighted by Gasteiger charge is -2.25.